The highest BCUT2D eigenvalue weighted by Gasteiger charge is 2.32. The van der Waals surface area contributed by atoms with E-state index in [1.165, 1.54) is 0 Å². The minimum absolute atomic E-state index is 0.0528. The van der Waals surface area contributed by atoms with Crippen LogP contribution in [0, 0.1) is 6.92 Å². The smallest absolute Gasteiger partial charge is 0.246 e. The van der Waals surface area contributed by atoms with Gasteiger partial charge in [0.25, 0.3) is 0 Å². The number of carbonyl (C=O) groups is 2. The molecule has 1 unspecified atom stereocenters. The average Bonchev–Trinajstić information content (AvgIpc) is 2.61. The van der Waals surface area contributed by atoms with Crippen molar-refractivity contribution in [2.75, 3.05) is 13.7 Å². The van der Waals surface area contributed by atoms with Gasteiger partial charge in [0.2, 0.25) is 11.8 Å². The van der Waals surface area contributed by atoms with E-state index in [0.29, 0.717) is 13.0 Å². The summed E-state index contributed by atoms with van der Waals surface area (Å²) in [6.45, 7) is 2.51. The highest BCUT2D eigenvalue weighted by molar-refractivity contribution is 5.95. The Labute approximate surface area is 147 Å². The highest BCUT2D eigenvalue weighted by Crippen LogP contribution is 2.21. The van der Waals surface area contributed by atoms with Gasteiger partial charge in [-0.15, -0.1) is 0 Å². The molecule has 2 aromatic rings. The number of nitrogens with zero attached hydrogens (tertiary/aromatic N) is 1. The first kappa shape index (κ1) is 17.0. The summed E-state index contributed by atoms with van der Waals surface area (Å²) in [5, 5.41) is 2.81. The number of ether oxygens (including phenoxy) is 1. The summed E-state index contributed by atoms with van der Waals surface area (Å²) < 4.78 is 5.34. The van der Waals surface area contributed by atoms with Crippen LogP contribution in [0.25, 0.3) is 0 Å². The first-order chi connectivity index (χ1) is 12.1. The van der Waals surface area contributed by atoms with Gasteiger partial charge in [-0.1, -0.05) is 42.5 Å². The SMILES string of the molecule is COc1cc(CC2NC(=O)CN(Cc3ccccc3)C2=O)ccc1C. The van der Waals surface area contributed by atoms with Gasteiger partial charge in [-0.25, -0.2) is 0 Å². The number of benzene rings is 2. The Morgan fingerprint density at radius 1 is 1.12 bits per heavy atom. The van der Waals surface area contributed by atoms with Crippen molar-refractivity contribution in [3.63, 3.8) is 0 Å². The summed E-state index contributed by atoms with van der Waals surface area (Å²) in [5.74, 6) is 0.607. The zero-order valence-corrected chi connectivity index (χ0v) is 14.5. The molecule has 1 N–H and O–H groups in total. The number of hydrogen-bond acceptors (Lipinski definition) is 3. The number of piperazine rings is 1. The number of aryl methyl sites for hydroxylation is 1. The first-order valence-electron chi connectivity index (χ1n) is 8.32. The molecule has 1 atom stereocenters. The van der Waals surface area contributed by atoms with Crippen molar-refractivity contribution in [2.24, 2.45) is 0 Å². The Morgan fingerprint density at radius 2 is 1.88 bits per heavy atom. The monoisotopic (exact) mass is 338 g/mol. The van der Waals surface area contributed by atoms with E-state index in [9.17, 15) is 9.59 Å². The molecule has 2 amide bonds. The second-order valence-electron chi connectivity index (χ2n) is 6.31. The van der Waals surface area contributed by atoms with Gasteiger partial charge < -0.3 is 15.0 Å². The standard InChI is InChI=1S/C20H22N2O3/c1-14-8-9-16(11-18(14)25-2)10-17-20(24)22(13-19(23)21-17)12-15-6-4-3-5-7-15/h3-9,11,17H,10,12-13H2,1-2H3,(H,21,23). The van der Waals surface area contributed by atoms with Crippen LogP contribution in [-0.2, 0) is 22.6 Å². The molecule has 1 heterocycles. The molecule has 5 heteroatoms. The molecule has 2 aromatic carbocycles. The summed E-state index contributed by atoms with van der Waals surface area (Å²) in [6.07, 6.45) is 0.451. The van der Waals surface area contributed by atoms with E-state index in [-0.39, 0.29) is 18.4 Å². The fourth-order valence-electron chi connectivity index (χ4n) is 3.08. The average molecular weight is 338 g/mol. The molecule has 0 bridgehead atoms. The van der Waals surface area contributed by atoms with Gasteiger partial charge in [0.1, 0.15) is 11.8 Å². The van der Waals surface area contributed by atoms with Gasteiger partial charge in [0.05, 0.1) is 13.7 Å². The number of methoxy groups -OCH3 is 1. The predicted molar refractivity (Wildman–Crippen MR) is 95.2 cm³/mol. The van der Waals surface area contributed by atoms with Crippen LogP contribution in [0.1, 0.15) is 16.7 Å². The summed E-state index contributed by atoms with van der Waals surface area (Å²) >= 11 is 0. The van der Waals surface area contributed by atoms with Crippen LogP contribution in [0.3, 0.4) is 0 Å². The molecule has 0 aromatic heterocycles. The van der Waals surface area contributed by atoms with E-state index in [4.69, 9.17) is 4.74 Å². The van der Waals surface area contributed by atoms with Crippen molar-refractivity contribution in [2.45, 2.75) is 25.9 Å². The lowest BCUT2D eigenvalue weighted by Gasteiger charge is -2.32. The lowest BCUT2D eigenvalue weighted by molar-refractivity contribution is -0.144. The molecule has 1 aliphatic rings. The Hall–Kier alpha value is -2.82. The van der Waals surface area contributed by atoms with Gasteiger partial charge in [-0.05, 0) is 29.7 Å². The van der Waals surface area contributed by atoms with E-state index < -0.39 is 6.04 Å². The Balaban J connectivity index is 1.74. The third kappa shape index (κ3) is 3.99. The van der Waals surface area contributed by atoms with E-state index in [1.807, 2.05) is 55.5 Å². The van der Waals surface area contributed by atoms with Crippen LogP contribution in [0.2, 0.25) is 0 Å². The van der Waals surface area contributed by atoms with E-state index in [1.54, 1.807) is 12.0 Å². The molecule has 0 radical (unpaired) electrons. The van der Waals surface area contributed by atoms with Crippen molar-refractivity contribution in [1.29, 1.82) is 0 Å². The van der Waals surface area contributed by atoms with Gasteiger partial charge in [0, 0.05) is 13.0 Å². The van der Waals surface area contributed by atoms with Crippen LogP contribution in [0.4, 0.5) is 0 Å². The molecule has 1 aliphatic heterocycles. The fourth-order valence-corrected chi connectivity index (χ4v) is 3.08. The number of amides is 2. The normalized spacial score (nSPS) is 17.4. The minimum atomic E-state index is -0.544. The van der Waals surface area contributed by atoms with Gasteiger partial charge in [0.15, 0.2) is 0 Å². The number of hydrogen-bond donors (Lipinski definition) is 1. The fraction of sp³-hybridized carbons (Fsp3) is 0.300. The summed E-state index contributed by atoms with van der Waals surface area (Å²) in [5.41, 5.74) is 3.01. The molecule has 130 valence electrons. The zero-order valence-electron chi connectivity index (χ0n) is 14.5. The molecule has 0 aliphatic carbocycles. The second kappa shape index (κ2) is 7.38. The Bertz CT molecular complexity index is 774. The molecule has 5 nitrogen and oxygen atoms in total. The van der Waals surface area contributed by atoms with Crippen molar-refractivity contribution >= 4 is 11.8 Å². The summed E-state index contributed by atoms with van der Waals surface area (Å²) in [6, 6.07) is 15.0. The van der Waals surface area contributed by atoms with Crippen molar-refractivity contribution in [3.05, 3.63) is 65.2 Å². The van der Waals surface area contributed by atoms with Crippen LogP contribution < -0.4 is 10.1 Å². The maximum atomic E-state index is 12.8. The molecule has 0 spiro atoms. The second-order valence-corrected chi connectivity index (χ2v) is 6.31. The number of nitrogens with one attached hydrogen (secondary N) is 1. The van der Waals surface area contributed by atoms with Gasteiger partial charge >= 0.3 is 0 Å². The van der Waals surface area contributed by atoms with Crippen LogP contribution >= 0.6 is 0 Å². The van der Waals surface area contributed by atoms with E-state index >= 15 is 0 Å². The number of rotatable bonds is 5. The lowest BCUT2D eigenvalue weighted by atomic mass is 10.0. The molecule has 1 fully saturated rings. The highest BCUT2D eigenvalue weighted by atomic mass is 16.5. The zero-order chi connectivity index (χ0) is 17.8. The molecule has 25 heavy (non-hydrogen) atoms. The maximum Gasteiger partial charge on any atom is 0.246 e. The summed E-state index contributed by atoms with van der Waals surface area (Å²) in [7, 11) is 1.63. The molecule has 1 saturated heterocycles. The minimum Gasteiger partial charge on any atom is -0.496 e. The van der Waals surface area contributed by atoms with Crippen molar-refractivity contribution < 1.29 is 14.3 Å². The largest absolute Gasteiger partial charge is 0.496 e. The number of carbonyl (C=O) groups excluding carboxylic acids is 2. The third-order valence-electron chi connectivity index (χ3n) is 4.41. The molecular formula is C20H22N2O3. The van der Waals surface area contributed by atoms with Gasteiger partial charge in [-0.2, -0.15) is 0 Å². The van der Waals surface area contributed by atoms with Crippen molar-refractivity contribution in [3.8, 4) is 5.75 Å². The third-order valence-corrected chi connectivity index (χ3v) is 4.41. The topological polar surface area (TPSA) is 58.6 Å². The van der Waals surface area contributed by atoms with Crippen LogP contribution in [0.5, 0.6) is 5.75 Å². The molecular weight excluding hydrogens is 316 g/mol. The lowest BCUT2D eigenvalue weighted by Crippen LogP contribution is -2.58. The van der Waals surface area contributed by atoms with E-state index in [2.05, 4.69) is 5.32 Å². The van der Waals surface area contributed by atoms with E-state index in [0.717, 1.165) is 22.4 Å². The maximum absolute atomic E-state index is 12.8. The predicted octanol–water partition coefficient (Wildman–Crippen LogP) is 2.07. The van der Waals surface area contributed by atoms with Gasteiger partial charge in [-0.3, -0.25) is 9.59 Å². The Morgan fingerprint density at radius 3 is 2.60 bits per heavy atom. The molecule has 3 rings (SSSR count). The Kier molecular flexibility index (Phi) is 5.03. The van der Waals surface area contributed by atoms with Crippen molar-refractivity contribution in [1.82, 2.24) is 10.2 Å². The molecule has 0 saturated carbocycles. The quantitative estimate of drug-likeness (QED) is 0.908. The first-order valence-corrected chi connectivity index (χ1v) is 8.32. The van der Waals surface area contributed by atoms with Crippen LogP contribution in [0.15, 0.2) is 48.5 Å². The van der Waals surface area contributed by atoms with Crippen LogP contribution in [-0.4, -0.2) is 36.4 Å². The summed E-state index contributed by atoms with van der Waals surface area (Å²) in [4.78, 5) is 26.5.